The van der Waals surface area contributed by atoms with E-state index in [0.717, 1.165) is 0 Å². The number of rotatable bonds is 6. The third-order valence-corrected chi connectivity index (χ3v) is 6.49. The van der Waals surface area contributed by atoms with Gasteiger partial charge in [-0.1, -0.05) is 0 Å². The Kier molecular flexibility index (Phi) is 9.30. The maximum atomic E-state index is 2.46. The fraction of sp³-hybridized carbons (Fsp3) is 0. The minimum atomic E-state index is -0.727. The van der Waals surface area contributed by atoms with Gasteiger partial charge in [-0.05, 0) is 0 Å². The minimum absolute atomic E-state index is 0. The second kappa shape index (κ2) is 11.7. The molecule has 0 amide bonds. The molecule has 0 saturated heterocycles. The Balaban J connectivity index is 0.00000150. The normalized spacial score (nSPS) is 9.52. The maximum absolute atomic E-state index is 2.46. The van der Waals surface area contributed by atoms with Gasteiger partial charge in [-0.2, -0.15) is 0 Å². The zero-order chi connectivity index (χ0) is 18.3. The van der Waals surface area contributed by atoms with E-state index in [1.165, 1.54) is 22.7 Å². The number of para-hydroxylation sites is 4. The summed E-state index contributed by atoms with van der Waals surface area (Å²) < 4.78 is 4.92. The molecular formula is C24H22Cl2N2Ti. The second-order valence-corrected chi connectivity index (χ2v) is 7.82. The van der Waals surface area contributed by atoms with Crippen molar-refractivity contribution in [1.29, 1.82) is 0 Å². The van der Waals surface area contributed by atoms with E-state index < -0.39 is 19.7 Å². The molecule has 29 heavy (non-hydrogen) atoms. The first-order valence-corrected chi connectivity index (χ1v) is 10.4. The molecule has 0 bridgehead atoms. The molecule has 0 fully saturated rings. The number of benzene rings is 4. The molecule has 0 atom stereocenters. The van der Waals surface area contributed by atoms with E-state index in [0.29, 0.717) is 0 Å². The van der Waals surface area contributed by atoms with Crippen molar-refractivity contribution < 1.29 is 19.7 Å². The van der Waals surface area contributed by atoms with E-state index in [4.69, 9.17) is 0 Å². The quantitative estimate of drug-likeness (QED) is 0.278. The van der Waals surface area contributed by atoms with Gasteiger partial charge in [0.25, 0.3) is 0 Å². The van der Waals surface area contributed by atoms with Gasteiger partial charge in [0, 0.05) is 0 Å². The van der Waals surface area contributed by atoms with Crippen LogP contribution in [0.15, 0.2) is 121 Å². The molecule has 4 aromatic rings. The summed E-state index contributed by atoms with van der Waals surface area (Å²) in [6, 6.07) is 42.6. The molecular weight excluding hydrogens is 435 g/mol. The summed E-state index contributed by atoms with van der Waals surface area (Å²) in [7, 11) is 0. The summed E-state index contributed by atoms with van der Waals surface area (Å²) in [5.41, 5.74) is 4.89. The van der Waals surface area contributed by atoms with Gasteiger partial charge in [0.1, 0.15) is 0 Å². The third-order valence-electron chi connectivity index (χ3n) is 4.26. The van der Waals surface area contributed by atoms with Crippen LogP contribution in [0, 0.1) is 0 Å². The Hall–Kier alpha value is -2.23. The van der Waals surface area contributed by atoms with Gasteiger partial charge in [0.05, 0.1) is 0 Å². The van der Waals surface area contributed by atoms with Gasteiger partial charge >= 0.3 is 171 Å². The Labute approximate surface area is 194 Å². The van der Waals surface area contributed by atoms with Crippen LogP contribution in [0.2, 0.25) is 0 Å². The molecule has 0 aliphatic rings. The molecule has 0 radical (unpaired) electrons. The van der Waals surface area contributed by atoms with Gasteiger partial charge < -0.3 is 0 Å². The van der Waals surface area contributed by atoms with Crippen LogP contribution in [0.1, 0.15) is 0 Å². The number of nitrogens with zero attached hydrogens (tertiary/aromatic N) is 2. The van der Waals surface area contributed by atoms with Crippen LogP contribution in [0.25, 0.3) is 0 Å². The van der Waals surface area contributed by atoms with Crippen molar-refractivity contribution in [3.05, 3.63) is 121 Å². The van der Waals surface area contributed by atoms with E-state index in [-0.39, 0.29) is 24.8 Å². The molecule has 0 unspecified atom stereocenters. The van der Waals surface area contributed by atoms with Gasteiger partial charge in [-0.3, -0.25) is 0 Å². The van der Waals surface area contributed by atoms with Gasteiger partial charge in [0.2, 0.25) is 0 Å². The van der Waals surface area contributed by atoms with Crippen molar-refractivity contribution in [2.45, 2.75) is 0 Å². The molecule has 0 aliphatic carbocycles. The van der Waals surface area contributed by atoms with Gasteiger partial charge in [-0.25, -0.2) is 0 Å². The van der Waals surface area contributed by atoms with Crippen LogP contribution < -0.4 is 6.76 Å². The average Bonchev–Trinajstić information content (AvgIpc) is 2.77. The molecule has 0 saturated carbocycles. The Morgan fingerprint density at radius 1 is 0.345 bits per heavy atom. The second-order valence-electron chi connectivity index (χ2n) is 6.11. The van der Waals surface area contributed by atoms with E-state index in [1.54, 1.807) is 0 Å². The van der Waals surface area contributed by atoms with E-state index in [9.17, 15) is 0 Å². The van der Waals surface area contributed by atoms with Gasteiger partial charge in [-0.15, -0.1) is 24.8 Å². The summed E-state index contributed by atoms with van der Waals surface area (Å²) in [4.78, 5) is 0. The van der Waals surface area contributed by atoms with Gasteiger partial charge in [0.15, 0.2) is 0 Å². The molecule has 5 heteroatoms. The first-order chi connectivity index (χ1) is 13.4. The van der Waals surface area contributed by atoms with Crippen LogP contribution >= 0.6 is 24.8 Å². The van der Waals surface area contributed by atoms with Crippen LogP contribution in [-0.2, 0) is 19.7 Å². The number of hydrogen-bond acceptors (Lipinski definition) is 2. The third kappa shape index (κ3) is 5.88. The van der Waals surface area contributed by atoms with Crippen molar-refractivity contribution in [3.8, 4) is 0 Å². The van der Waals surface area contributed by atoms with Crippen molar-refractivity contribution in [1.82, 2.24) is 0 Å². The summed E-state index contributed by atoms with van der Waals surface area (Å²) in [6.07, 6.45) is 0. The fourth-order valence-corrected chi connectivity index (χ4v) is 4.90. The first kappa shape index (κ1) is 23.1. The Morgan fingerprint density at radius 2 is 0.552 bits per heavy atom. The molecule has 4 rings (SSSR count). The summed E-state index contributed by atoms with van der Waals surface area (Å²) >= 11 is -0.727. The van der Waals surface area contributed by atoms with E-state index >= 15 is 0 Å². The predicted octanol–water partition coefficient (Wildman–Crippen LogP) is 7.42. The van der Waals surface area contributed by atoms with Crippen LogP contribution in [0.4, 0.5) is 22.7 Å². The number of anilines is 4. The van der Waals surface area contributed by atoms with Crippen molar-refractivity contribution in [3.63, 3.8) is 0 Å². The molecule has 146 valence electrons. The van der Waals surface area contributed by atoms with Crippen LogP contribution in [0.3, 0.4) is 0 Å². The van der Waals surface area contributed by atoms with Crippen molar-refractivity contribution in [2.75, 3.05) is 6.76 Å². The molecule has 0 aromatic heterocycles. The molecule has 0 aliphatic heterocycles. The fourth-order valence-electron chi connectivity index (χ4n) is 2.94. The number of halogens is 2. The standard InChI is InChI=1S/2C12H10N.2ClH.Ti/c2*1-3-7-11(8-4-1)13-12-9-5-2-6-10-12;;;/h2*1-10H;2*1H;/q2*-1;;;+2. The summed E-state index contributed by atoms with van der Waals surface area (Å²) in [5, 5.41) is 0. The molecule has 4 aromatic carbocycles. The molecule has 0 N–H and O–H groups in total. The van der Waals surface area contributed by atoms with Crippen molar-refractivity contribution in [2.24, 2.45) is 0 Å². The van der Waals surface area contributed by atoms with Crippen LogP contribution in [-0.4, -0.2) is 0 Å². The zero-order valence-corrected chi connectivity index (χ0v) is 19.0. The van der Waals surface area contributed by atoms with Crippen molar-refractivity contribution >= 4 is 47.6 Å². The van der Waals surface area contributed by atoms with Crippen LogP contribution in [0.5, 0.6) is 0 Å². The molecule has 0 heterocycles. The molecule has 0 spiro atoms. The average molecular weight is 457 g/mol. The SMILES string of the molecule is Cl.Cl.c1ccc([N]([Ti][N](c2ccccc2)c2ccccc2)c2ccccc2)cc1. The number of hydrogen-bond donors (Lipinski definition) is 0. The van der Waals surface area contributed by atoms with E-state index in [1.807, 2.05) is 0 Å². The van der Waals surface area contributed by atoms with E-state index in [2.05, 4.69) is 128 Å². The first-order valence-electron chi connectivity index (χ1n) is 8.98. The summed E-state index contributed by atoms with van der Waals surface area (Å²) in [6.45, 7) is 0. The predicted molar refractivity (Wildman–Crippen MR) is 125 cm³/mol. The zero-order valence-electron chi connectivity index (χ0n) is 15.8. The topological polar surface area (TPSA) is 6.48 Å². The summed E-state index contributed by atoms with van der Waals surface area (Å²) in [5.74, 6) is 0. The monoisotopic (exact) mass is 456 g/mol. The Morgan fingerprint density at radius 3 is 0.759 bits per heavy atom. The Bertz CT molecular complexity index is 795. The molecule has 2 nitrogen and oxygen atoms in total.